The van der Waals surface area contributed by atoms with Crippen molar-refractivity contribution < 1.29 is 4.92 Å². The molecule has 0 aromatic carbocycles. The Bertz CT molecular complexity index is 562. The Labute approximate surface area is 110 Å². The van der Waals surface area contributed by atoms with E-state index >= 15 is 0 Å². The predicted octanol–water partition coefficient (Wildman–Crippen LogP) is 2.16. The monoisotopic (exact) mass is 261 g/mol. The lowest BCUT2D eigenvalue weighted by Gasteiger charge is -2.00. The van der Waals surface area contributed by atoms with E-state index in [1.807, 2.05) is 0 Å². The average Bonchev–Trinajstić information content (AvgIpc) is 2.85. The highest BCUT2D eigenvalue weighted by molar-refractivity contribution is 5.32. The quantitative estimate of drug-likeness (QED) is 0.608. The molecular weight excluding hydrogens is 246 g/mol. The smallest absolute Gasteiger partial charge is 0.258 e. The molecule has 100 valence electrons. The lowest BCUT2D eigenvalue weighted by molar-refractivity contribution is -0.385. The van der Waals surface area contributed by atoms with E-state index in [9.17, 15) is 10.1 Å². The first-order valence-corrected chi connectivity index (χ1v) is 6.08. The second-order valence-corrected chi connectivity index (χ2v) is 4.72. The molecular formula is C12H15N5O2. The SMILES string of the molecule is CC(C)CCc1cn(-c2ccc([N+](=O)[O-])cn2)nn1. The van der Waals surface area contributed by atoms with E-state index in [1.165, 1.54) is 16.9 Å². The molecule has 2 rings (SSSR count). The Balaban J connectivity index is 2.11. The van der Waals surface area contributed by atoms with Crippen LogP contribution in [-0.4, -0.2) is 24.9 Å². The number of hydrogen-bond acceptors (Lipinski definition) is 5. The number of pyridine rings is 1. The number of aryl methyl sites for hydroxylation is 1. The van der Waals surface area contributed by atoms with Gasteiger partial charge >= 0.3 is 0 Å². The molecule has 0 atom stereocenters. The summed E-state index contributed by atoms with van der Waals surface area (Å²) in [6.45, 7) is 4.31. The van der Waals surface area contributed by atoms with E-state index in [-0.39, 0.29) is 5.69 Å². The minimum Gasteiger partial charge on any atom is -0.258 e. The molecule has 0 aliphatic heterocycles. The van der Waals surface area contributed by atoms with E-state index in [4.69, 9.17) is 0 Å². The molecule has 0 aliphatic carbocycles. The predicted molar refractivity (Wildman–Crippen MR) is 69.0 cm³/mol. The van der Waals surface area contributed by atoms with Crippen molar-refractivity contribution in [3.63, 3.8) is 0 Å². The van der Waals surface area contributed by atoms with Crippen LogP contribution < -0.4 is 0 Å². The standard InChI is InChI=1S/C12H15N5O2/c1-9(2)3-4-10-8-16(15-14-10)12-6-5-11(7-13-12)17(18)19/h5-9H,3-4H2,1-2H3. The molecule has 0 amide bonds. The maximum atomic E-state index is 10.5. The Kier molecular flexibility index (Phi) is 3.84. The van der Waals surface area contributed by atoms with Crippen molar-refractivity contribution in [2.24, 2.45) is 5.92 Å². The minimum atomic E-state index is -0.480. The van der Waals surface area contributed by atoms with E-state index in [0.29, 0.717) is 11.7 Å². The van der Waals surface area contributed by atoms with E-state index in [2.05, 4.69) is 29.1 Å². The van der Waals surface area contributed by atoms with Crippen LogP contribution in [-0.2, 0) is 6.42 Å². The Morgan fingerprint density at radius 3 is 2.79 bits per heavy atom. The van der Waals surface area contributed by atoms with Gasteiger partial charge in [-0.2, -0.15) is 0 Å². The van der Waals surface area contributed by atoms with E-state index < -0.39 is 4.92 Å². The lowest BCUT2D eigenvalue weighted by Crippen LogP contribution is -1.99. The lowest BCUT2D eigenvalue weighted by atomic mass is 10.1. The van der Waals surface area contributed by atoms with Crippen LogP contribution in [0.4, 0.5) is 5.69 Å². The van der Waals surface area contributed by atoms with Crippen molar-refractivity contribution in [2.45, 2.75) is 26.7 Å². The summed E-state index contributed by atoms with van der Waals surface area (Å²) in [5, 5.41) is 18.6. The van der Waals surface area contributed by atoms with Crippen LogP contribution in [0.1, 0.15) is 26.0 Å². The van der Waals surface area contributed by atoms with Crippen LogP contribution in [0.2, 0.25) is 0 Å². The summed E-state index contributed by atoms with van der Waals surface area (Å²) in [4.78, 5) is 14.1. The third-order valence-corrected chi connectivity index (χ3v) is 2.70. The normalized spacial score (nSPS) is 10.9. The zero-order chi connectivity index (χ0) is 13.8. The summed E-state index contributed by atoms with van der Waals surface area (Å²) < 4.78 is 1.53. The van der Waals surface area contributed by atoms with Crippen LogP contribution in [0.15, 0.2) is 24.5 Å². The summed E-state index contributed by atoms with van der Waals surface area (Å²) in [7, 11) is 0. The topological polar surface area (TPSA) is 86.7 Å². The first-order valence-electron chi connectivity index (χ1n) is 6.08. The van der Waals surface area contributed by atoms with E-state index in [1.54, 1.807) is 12.3 Å². The van der Waals surface area contributed by atoms with Gasteiger partial charge < -0.3 is 0 Å². The van der Waals surface area contributed by atoms with Gasteiger partial charge in [0, 0.05) is 6.07 Å². The van der Waals surface area contributed by atoms with Crippen LogP contribution in [0.25, 0.3) is 5.82 Å². The van der Waals surface area contributed by atoms with Gasteiger partial charge in [-0.05, 0) is 24.8 Å². The molecule has 0 saturated carbocycles. The minimum absolute atomic E-state index is 0.0381. The number of nitrogens with zero attached hydrogens (tertiary/aromatic N) is 5. The fraction of sp³-hybridized carbons (Fsp3) is 0.417. The maximum absolute atomic E-state index is 10.5. The molecule has 0 fully saturated rings. The molecule has 0 aliphatic rings. The van der Waals surface area contributed by atoms with Crippen molar-refractivity contribution in [1.29, 1.82) is 0 Å². The highest BCUT2D eigenvalue weighted by atomic mass is 16.6. The highest BCUT2D eigenvalue weighted by Gasteiger charge is 2.08. The van der Waals surface area contributed by atoms with Gasteiger partial charge in [-0.1, -0.05) is 19.1 Å². The zero-order valence-corrected chi connectivity index (χ0v) is 10.9. The Morgan fingerprint density at radius 1 is 1.42 bits per heavy atom. The molecule has 2 aromatic heterocycles. The molecule has 0 bridgehead atoms. The number of rotatable bonds is 5. The molecule has 7 heteroatoms. The molecule has 0 radical (unpaired) electrons. The number of aromatic nitrogens is 4. The summed E-state index contributed by atoms with van der Waals surface area (Å²) in [5.74, 6) is 1.14. The molecule has 2 aromatic rings. The van der Waals surface area contributed by atoms with Crippen LogP contribution >= 0.6 is 0 Å². The molecule has 19 heavy (non-hydrogen) atoms. The summed E-state index contributed by atoms with van der Waals surface area (Å²) in [5.41, 5.74) is 0.859. The maximum Gasteiger partial charge on any atom is 0.287 e. The Hall–Kier alpha value is -2.31. The number of hydrogen-bond donors (Lipinski definition) is 0. The van der Waals surface area contributed by atoms with Gasteiger partial charge in [0.2, 0.25) is 0 Å². The Morgan fingerprint density at radius 2 is 2.21 bits per heavy atom. The third kappa shape index (κ3) is 3.34. The van der Waals surface area contributed by atoms with Crippen molar-refractivity contribution >= 4 is 5.69 Å². The van der Waals surface area contributed by atoms with Gasteiger partial charge in [-0.3, -0.25) is 10.1 Å². The van der Waals surface area contributed by atoms with Crippen LogP contribution in [0.5, 0.6) is 0 Å². The van der Waals surface area contributed by atoms with Gasteiger partial charge in [0.1, 0.15) is 6.20 Å². The van der Waals surface area contributed by atoms with Crippen molar-refractivity contribution in [3.8, 4) is 5.82 Å². The highest BCUT2D eigenvalue weighted by Crippen LogP contribution is 2.12. The van der Waals surface area contributed by atoms with Gasteiger partial charge in [0.05, 0.1) is 16.8 Å². The van der Waals surface area contributed by atoms with Crippen molar-refractivity contribution in [3.05, 3.63) is 40.3 Å². The summed E-state index contributed by atoms with van der Waals surface area (Å²) in [6, 6.07) is 2.96. The van der Waals surface area contributed by atoms with Crippen LogP contribution in [0, 0.1) is 16.0 Å². The molecule has 0 saturated heterocycles. The van der Waals surface area contributed by atoms with Gasteiger partial charge in [0.25, 0.3) is 5.69 Å². The third-order valence-electron chi connectivity index (χ3n) is 2.70. The number of nitro groups is 1. The largest absolute Gasteiger partial charge is 0.287 e. The van der Waals surface area contributed by atoms with E-state index in [0.717, 1.165) is 18.5 Å². The fourth-order valence-electron chi connectivity index (χ4n) is 1.58. The summed E-state index contributed by atoms with van der Waals surface area (Å²) in [6.07, 6.45) is 4.93. The van der Waals surface area contributed by atoms with Gasteiger partial charge in [-0.15, -0.1) is 5.10 Å². The summed E-state index contributed by atoms with van der Waals surface area (Å²) >= 11 is 0. The van der Waals surface area contributed by atoms with Gasteiger partial charge in [-0.25, -0.2) is 9.67 Å². The van der Waals surface area contributed by atoms with Crippen LogP contribution in [0.3, 0.4) is 0 Å². The molecule has 2 heterocycles. The fourth-order valence-corrected chi connectivity index (χ4v) is 1.58. The van der Waals surface area contributed by atoms with Crippen molar-refractivity contribution in [1.82, 2.24) is 20.0 Å². The van der Waals surface area contributed by atoms with Crippen molar-refractivity contribution in [2.75, 3.05) is 0 Å². The molecule has 0 spiro atoms. The first kappa shape index (κ1) is 13.1. The first-order chi connectivity index (χ1) is 9.06. The molecule has 7 nitrogen and oxygen atoms in total. The van der Waals surface area contributed by atoms with Gasteiger partial charge in [0.15, 0.2) is 5.82 Å². The second kappa shape index (κ2) is 5.55. The molecule has 0 N–H and O–H groups in total. The average molecular weight is 261 g/mol. The second-order valence-electron chi connectivity index (χ2n) is 4.72. The molecule has 0 unspecified atom stereocenters. The zero-order valence-electron chi connectivity index (χ0n) is 10.9.